The molecule has 4 heteroatoms. The molecule has 0 unspecified atom stereocenters. The summed E-state index contributed by atoms with van der Waals surface area (Å²) in [5, 5.41) is 9.70. The van der Waals surface area contributed by atoms with Crippen molar-refractivity contribution in [1.82, 2.24) is 0 Å². The van der Waals surface area contributed by atoms with Gasteiger partial charge in [0.1, 0.15) is 10.7 Å². The highest BCUT2D eigenvalue weighted by molar-refractivity contribution is 7.21. The Morgan fingerprint density at radius 1 is 1.53 bits per heavy atom. The van der Waals surface area contributed by atoms with Crippen LogP contribution in [-0.4, -0.2) is 11.1 Å². The molecule has 0 bridgehead atoms. The van der Waals surface area contributed by atoms with Crippen molar-refractivity contribution >= 4 is 27.4 Å². The third kappa shape index (κ3) is 1.51. The summed E-state index contributed by atoms with van der Waals surface area (Å²) < 4.78 is 13.8. The van der Waals surface area contributed by atoms with Gasteiger partial charge in [0.25, 0.3) is 0 Å². The Labute approximate surface area is 90.0 Å². The second-order valence-electron chi connectivity index (χ2n) is 3.18. The summed E-state index contributed by atoms with van der Waals surface area (Å²) in [7, 11) is 0. The van der Waals surface area contributed by atoms with E-state index in [-0.39, 0.29) is 10.7 Å². The number of carbonyl (C=O) groups is 1. The Balaban J connectivity index is 2.84. The van der Waals surface area contributed by atoms with Gasteiger partial charge < -0.3 is 5.11 Å². The highest BCUT2D eigenvalue weighted by Crippen LogP contribution is 2.33. The van der Waals surface area contributed by atoms with Crippen LogP contribution in [0.3, 0.4) is 0 Å². The summed E-state index contributed by atoms with van der Waals surface area (Å²) in [6.07, 6.45) is 0.602. The summed E-state index contributed by atoms with van der Waals surface area (Å²) in [4.78, 5) is 11.2. The number of rotatable bonds is 2. The van der Waals surface area contributed by atoms with E-state index in [4.69, 9.17) is 5.11 Å². The van der Waals surface area contributed by atoms with Crippen LogP contribution in [0.15, 0.2) is 18.2 Å². The minimum Gasteiger partial charge on any atom is -0.477 e. The molecule has 0 saturated heterocycles. The van der Waals surface area contributed by atoms with Crippen molar-refractivity contribution in [2.75, 3.05) is 0 Å². The van der Waals surface area contributed by atoms with Gasteiger partial charge in [-0.25, -0.2) is 9.18 Å². The number of hydrogen-bond donors (Lipinski definition) is 1. The van der Waals surface area contributed by atoms with Crippen molar-refractivity contribution in [1.29, 1.82) is 0 Å². The first kappa shape index (κ1) is 10.1. The van der Waals surface area contributed by atoms with Gasteiger partial charge in [0.05, 0.1) is 4.70 Å². The van der Waals surface area contributed by atoms with Crippen LogP contribution in [0.1, 0.15) is 22.2 Å². The van der Waals surface area contributed by atoms with Gasteiger partial charge in [-0.15, -0.1) is 11.3 Å². The van der Waals surface area contributed by atoms with Crippen molar-refractivity contribution in [3.8, 4) is 0 Å². The molecule has 1 aromatic heterocycles. The highest BCUT2D eigenvalue weighted by atomic mass is 32.1. The molecule has 15 heavy (non-hydrogen) atoms. The average Bonchev–Trinajstić information content (AvgIpc) is 2.57. The van der Waals surface area contributed by atoms with E-state index in [9.17, 15) is 9.18 Å². The SMILES string of the molecule is CCc1c(C(=O)O)sc2c(F)cccc12. The number of aryl methyl sites for hydroxylation is 1. The largest absolute Gasteiger partial charge is 0.477 e. The van der Waals surface area contributed by atoms with Gasteiger partial charge in [0.2, 0.25) is 0 Å². The maximum Gasteiger partial charge on any atom is 0.346 e. The molecule has 2 aromatic rings. The molecule has 0 radical (unpaired) electrons. The molecule has 0 aliphatic carbocycles. The van der Waals surface area contributed by atoms with E-state index < -0.39 is 5.97 Å². The summed E-state index contributed by atoms with van der Waals surface area (Å²) in [5.74, 6) is -1.33. The van der Waals surface area contributed by atoms with Crippen LogP contribution in [0.5, 0.6) is 0 Å². The molecule has 0 aliphatic heterocycles. The normalized spacial score (nSPS) is 10.8. The molecular weight excluding hydrogens is 215 g/mol. The fourth-order valence-corrected chi connectivity index (χ4v) is 2.80. The number of carboxylic acid groups (broad SMARTS) is 1. The summed E-state index contributed by atoms with van der Waals surface area (Å²) in [6, 6.07) is 4.72. The fourth-order valence-electron chi connectivity index (χ4n) is 1.66. The third-order valence-corrected chi connectivity index (χ3v) is 3.56. The lowest BCUT2D eigenvalue weighted by Crippen LogP contribution is -1.96. The van der Waals surface area contributed by atoms with Crippen LogP contribution in [0, 0.1) is 5.82 Å². The molecule has 0 spiro atoms. The van der Waals surface area contributed by atoms with E-state index >= 15 is 0 Å². The van der Waals surface area contributed by atoms with E-state index in [0.29, 0.717) is 11.1 Å². The maximum atomic E-state index is 13.4. The van der Waals surface area contributed by atoms with Crippen LogP contribution < -0.4 is 0 Å². The highest BCUT2D eigenvalue weighted by Gasteiger charge is 2.17. The van der Waals surface area contributed by atoms with Gasteiger partial charge >= 0.3 is 5.97 Å². The van der Waals surface area contributed by atoms with Gasteiger partial charge in [-0.2, -0.15) is 0 Å². The Morgan fingerprint density at radius 2 is 2.27 bits per heavy atom. The molecule has 1 aromatic carbocycles. The van der Waals surface area contributed by atoms with E-state index in [1.54, 1.807) is 12.1 Å². The number of carboxylic acids is 1. The van der Waals surface area contributed by atoms with Crippen LogP contribution >= 0.6 is 11.3 Å². The van der Waals surface area contributed by atoms with Crippen LogP contribution in [-0.2, 0) is 6.42 Å². The van der Waals surface area contributed by atoms with Gasteiger partial charge in [-0.1, -0.05) is 19.1 Å². The standard InChI is InChI=1S/C11H9FO2S/c1-2-6-7-4-3-5-8(12)9(7)15-10(6)11(13)14/h3-5H,2H2,1H3,(H,13,14). The first-order valence-corrected chi connectivity index (χ1v) is 5.40. The van der Waals surface area contributed by atoms with Crippen LogP contribution in [0.2, 0.25) is 0 Å². The van der Waals surface area contributed by atoms with Crippen molar-refractivity contribution in [3.63, 3.8) is 0 Å². The van der Waals surface area contributed by atoms with E-state index in [1.807, 2.05) is 6.92 Å². The lowest BCUT2D eigenvalue weighted by atomic mass is 10.1. The van der Waals surface area contributed by atoms with Gasteiger partial charge in [0, 0.05) is 0 Å². The molecule has 0 fully saturated rings. The number of thiophene rings is 1. The molecule has 0 aliphatic rings. The Morgan fingerprint density at radius 3 is 2.87 bits per heavy atom. The zero-order valence-corrected chi connectivity index (χ0v) is 8.90. The van der Waals surface area contributed by atoms with Crippen LogP contribution in [0.4, 0.5) is 4.39 Å². The predicted octanol–water partition coefficient (Wildman–Crippen LogP) is 3.30. The number of benzene rings is 1. The molecule has 2 nitrogen and oxygen atoms in total. The van der Waals surface area contributed by atoms with Gasteiger partial charge in [0.15, 0.2) is 0 Å². The summed E-state index contributed by atoms with van der Waals surface area (Å²) in [6.45, 7) is 1.87. The topological polar surface area (TPSA) is 37.3 Å². The van der Waals surface area contributed by atoms with Crippen molar-refractivity contribution in [2.45, 2.75) is 13.3 Å². The number of halogens is 1. The van der Waals surface area contributed by atoms with Gasteiger partial charge in [-0.3, -0.25) is 0 Å². The van der Waals surface area contributed by atoms with E-state index in [1.165, 1.54) is 6.07 Å². The van der Waals surface area contributed by atoms with E-state index in [2.05, 4.69) is 0 Å². The first-order chi connectivity index (χ1) is 7.15. The zero-order chi connectivity index (χ0) is 11.0. The fraction of sp³-hybridized carbons (Fsp3) is 0.182. The first-order valence-electron chi connectivity index (χ1n) is 4.58. The van der Waals surface area contributed by atoms with Crippen molar-refractivity contribution in [3.05, 3.63) is 34.5 Å². The zero-order valence-electron chi connectivity index (χ0n) is 8.08. The number of fused-ring (bicyclic) bond motifs is 1. The van der Waals surface area contributed by atoms with Crippen LogP contribution in [0.25, 0.3) is 10.1 Å². The second-order valence-corrected chi connectivity index (χ2v) is 4.21. The third-order valence-electron chi connectivity index (χ3n) is 2.32. The average molecular weight is 224 g/mol. The summed E-state index contributed by atoms with van der Waals surface area (Å²) in [5.41, 5.74) is 0.724. The quantitative estimate of drug-likeness (QED) is 0.849. The van der Waals surface area contributed by atoms with Crippen molar-refractivity contribution < 1.29 is 14.3 Å². The Bertz CT molecular complexity index is 531. The molecule has 2 rings (SSSR count). The smallest absolute Gasteiger partial charge is 0.346 e. The molecular formula is C11H9FO2S. The number of hydrogen-bond acceptors (Lipinski definition) is 2. The maximum absolute atomic E-state index is 13.4. The molecule has 78 valence electrons. The minimum atomic E-state index is -0.979. The molecule has 0 amide bonds. The molecule has 1 heterocycles. The van der Waals surface area contributed by atoms with E-state index in [0.717, 1.165) is 22.3 Å². The Hall–Kier alpha value is -1.42. The lowest BCUT2D eigenvalue weighted by molar-refractivity contribution is 0.0701. The van der Waals surface area contributed by atoms with Gasteiger partial charge in [-0.05, 0) is 23.4 Å². The van der Waals surface area contributed by atoms with Crippen molar-refractivity contribution in [2.24, 2.45) is 0 Å². The monoisotopic (exact) mass is 224 g/mol. The molecule has 0 saturated carbocycles. The minimum absolute atomic E-state index is 0.248. The number of aromatic carboxylic acids is 1. The molecule has 1 N–H and O–H groups in total. The predicted molar refractivity (Wildman–Crippen MR) is 58.1 cm³/mol. The summed E-state index contributed by atoms with van der Waals surface area (Å²) >= 11 is 1.01. The molecule has 0 atom stereocenters. The lowest BCUT2D eigenvalue weighted by Gasteiger charge is -1.95. The second kappa shape index (κ2) is 3.62. The Kier molecular flexibility index (Phi) is 2.44.